The van der Waals surface area contributed by atoms with Crippen molar-refractivity contribution in [2.75, 3.05) is 0 Å². The largest absolute Gasteiger partial charge is 0.281 e. The summed E-state index contributed by atoms with van der Waals surface area (Å²) in [6.45, 7) is 0. The van der Waals surface area contributed by atoms with Crippen molar-refractivity contribution in [2.45, 2.75) is 0 Å². The predicted octanol–water partition coefficient (Wildman–Crippen LogP) is 2.55. The smallest absolute Gasteiger partial charge is 0.165 e. The monoisotopic (exact) mass is 274 g/mol. The average molecular weight is 275 g/mol. The van der Waals surface area contributed by atoms with Gasteiger partial charge in [-0.3, -0.25) is 9.38 Å². The number of pyridine rings is 1. The molecule has 3 aromatic rings. The third-order valence-corrected chi connectivity index (χ3v) is 2.88. The molecule has 0 unspecified atom stereocenters. The number of imidazole rings is 1. The summed E-state index contributed by atoms with van der Waals surface area (Å²) in [7, 11) is 0. The molecular formula is C11H7BrN4. The molecule has 4 nitrogen and oxygen atoms in total. The summed E-state index contributed by atoms with van der Waals surface area (Å²) in [6.07, 6.45) is 5.22. The topological polar surface area (TPSA) is 43.1 Å². The molecule has 5 heteroatoms. The van der Waals surface area contributed by atoms with Gasteiger partial charge in [0.2, 0.25) is 0 Å². The third kappa shape index (κ3) is 1.40. The SMILES string of the molecule is Brc1nc(-c2ccccn2)n2cnccc12. The van der Waals surface area contributed by atoms with Crippen LogP contribution >= 0.6 is 15.9 Å². The highest BCUT2D eigenvalue weighted by atomic mass is 79.9. The Balaban J connectivity index is 2.33. The van der Waals surface area contributed by atoms with Crippen LogP contribution in [-0.2, 0) is 0 Å². The number of nitrogens with zero attached hydrogens (tertiary/aromatic N) is 4. The number of hydrogen-bond acceptors (Lipinski definition) is 3. The molecule has 0 N–H and O–H groups in total. The normalized spacial score (nSPS) is 10.8. The first-order valence-electron chi connectivity index (χ1n) is 4.75. The minimum absolute atomic E-state index is 0.788. The van der Waals surface area contributed by atoms with Gasteiger partial charge in [0, 0.05) is 12.4 Å². The fourth-order valence-corrected chi connectivity index (χ4v) is 2.07. The average Bonchev–Trinajstić information content (AvgIpc) is 2.69. The van der Waals surface area contributed by atoms with Gasteiger partial charge in [0.1, 0.15) is 16.6 Å². The summed E-state index contributed by atoms with van der Waals surface area (Å²) in [5, 5.41) is 0. The van der Waals surface area contributed by atoms with E-state index in [4.69, 9.17) is 0 Å². The molecule has 3 rings (SSSR count). The summed E-state index contributed by atoms with van der Waals surface area (Å²) in [6, 6.07) is 7.65. The van der Waals surface area contributed by atoms with Crippen LogP contribution in [0, 0.1) is 0 Å². The molecule has 0 bridgehead atoms. The Kier molecular flexibility index (Phi) is 2.18. The van der Waals surface area contributed by atoms with Crippen molar-refractivity contribution >= 4 is 21.4 Å². The zero-order chi connectivity index (χ0) is 11.0. The minimum Gasteiger partial charge on any atom is -0.281 e. The van der Waals surface area contributed by atoms with Gasteiger partial charge in [-0.05, 0) is 34.1 Å². The van der Waals surface area contributed by atoms with E-state index in [1.54, 1.807) is 18.7 Å². The Morgan fingerprint density at radius 3 is 2.88 bits per heavy atom. The number of hydrogen-bond donors (Lipinski definition) is 0. The van der Waals surface area contributed by atoms with Gasteiger partial charge in [-0.15, -0.1) is 0 Å². The van der Waals surface area contributed by atoms with Gasteiger partial charge in [0.05, 0.1) is 5.52 Å². The van der Waals surface area contributed by atoms with Crippen LogP contribution in [0.1, 0.15) is 0 Å². The Morgan fingerprint density at radius 1 is 1.12 bits per heavy atom. The highest BCUT2D eigenvalue weighted by molar-refractivity contribution is 9.10. The Morgan fingerprint density at radius 2 is 2.06 bits per heavy atom. The highest BCUT2D eigenvalue weighted by Crippen LogP contribution is 2.23. The Labute approximate surface area is 100 Å². The molecular weight excluding hydrogens is 268 g/mol. The van der Waals surface area contributed by atoms with Crippen molar-refractivity contribution in [3.8, 4) is 11.5 Å². The predicted molar refractivity (Wildman–Crippen MR) is 63.9 cm³/mol. The fourth-order valence-electron chi connectivity index (χ4n) is 1.58. The van der Waals surface area contributed by atoms with Crippen LogP contribution in [0.2, 0.25) is 0 Å². The first kappa shape index (κ1) is 9.47. The summed E-state index contributed by atoms with van der Waals surface area (Å²) < 4.78 is 2.71. The minimum atomic E-state index is 0.788. The molecule has 78 valence electrons. The Bertz CT molecular complexity index is 633. The van der Waals surface area contributed by atoms with E-state index in [1.165, 1.54) is 0 Å². The molecule has 3 heterocycles. The molecule has 0 amide bonds. The lowest BCUT2D eigenvalue weighted by molar-refractivity contribution is 1.07. The molecule has 0 aromatic carbocycles. The quantitative estimate of drug-likeness (QED) is 0.685. The second-order valence-electron chi connectivity index (χ2n) is 3.28. The van der Waals surface area contributed by atoms with E-state index in [0.29, 0.717) is 0 Å². The van der Waals surface area contributed by atoms with E-state index in [9.17, 15) is 0 Å². The standard InChI is InChI=1S/C11H7BrN4/c12-10-9-4-6-13-7-16(9)11(15-10)8-3-1-2-5-14-8/h1-7H. The summed E-state index contributed by atoms with van der Waals surface area (Å²) in [5.74, 6) is 0.788. The fraction of sp³-hybridized carbons (Fsp3) is 0. The van der Waals surface area contributed by atoms with Crippen LogP contribution in [0.4, 0.5) is 0 Å². The van der Waals surface area contributed by atoms with Crippen molar-refractivity contribution in [3.63, 3.8) is 0 Å². The Hall–Kier alpha value is -1.75. The molecule has 0 aliphatic carbocycles. The van der Waals surface area contributed by atoms with E-state index in [-0.39, 0.29) is 0 Å². The first-order valence-corrected chi connectivity index (χ1v) is 5.54. The van der Waals surface area contributed by atoms with Gasteiger partial charge >= 0.3 is 0 Å². The molecule has 16 heavy (non-hydrogen) atoms. The van der Waals surface area contributed by atoms with E-state index >= 15 is 0 Å². The summed E-state index contributed by atoms with van der Waals surface area (Å²) in [5.41, 5.74) is 1.81. The van der Waals surface area contributed by atoms with Gasteiger partial charge in [-0.1, -0.05) is 6.07 Å². The third-order valence-electron chi connectivity index (χ3n) is 2.30. The van der Waals surface area contributed by atoms with Crippen molar-refractivity contribution in [3.05, 3.63) is 47.6 Å². The molecule has 0 saturated carbocycles. The number of rotatable bonds is 1. The van der Waals surface area contributed by atoms with Gasteiger partial charge < -0.3 is 0 Å². The summed E-state index contributed by atoms with van der Waals surface area (Å²) >= 11 is 3.43. The van der Waals surface area contributed by atoms with Crippen molar-refractivity contribution < 1.29 is 0 Å². The second-order valence-corrected chi connectivity index (χ2v) is 4.03. The van der Waals surface area contributed by atoms with Gasteiger partial charge in [0.15, 0.2) is 5.82 Å². The van der Waals surface area contributed by atoms with Crippen LogP contribution in [0.15, 0.2) is 47.6 Å². The number of fused-ring (bicyclic) bond motifs is 1. The van der Waals surface area contributed by atoms with Crippen molar-refractivity contribution in [1.29, 1.82) is 0 Å². The van der Waals surface area contributed by atoms with Crippen LogP contribution in [0.25, 0.3) is 17.0 Å². The second kappa shape index (κ2) is 3.68. The van der Waals surface area contributed by atoms with Crippen LogP contribution in [-0.4, -0.2) is 19.4 Å². The van der Waals surface area contributed by atoms with E-state index < -0.39 is 0 Å². The van der Waals surface area contributed by atoms with E-state index in [1.807, 2.05) is 28.7 Å². The van der Waals surface area contributed by atoms with Crippen molar-refractivity contribution in [1.82, 2.24) is 19.4 Å². The molecule has 0 aliphatic rings. The van der Waals surface area contributed by atoms with Gasteiger partial charge in [0.25, 0.3) is 0 Å². The lowest BCUT2D eigenvalue weighted by Gasteiger charge is -1.98. The molecule has 0 radical (unpaired) electrons. The van der Waals surface area contributed by atoms with Gasteiger partial charge in [-0.25, -0.2) is 9.97 Å². The molecule has 0 fully saturated rings. The molecule has 0 spiro atoms. The lowest BCUT2D eigenvalue weighted by atomic mass is 10.3. The molecule has 3 aromatic heterocycles. The summed E-state index contributed by atoms with van der Waals surface area (Å²) in [4.78, 5) is 12.8. The maximum Gasteiger partial charge on any atom is 0.165 e. The van der Waals surface area contributed by atoms with E-state index in [0.717, 1.165) is 21.6 Å². The zero-order valence-corrected chi connectivity index (χ0v) is 9.79. The molecule has 0 saturated heterocycles. The van der Waals surface area contributed by atoms with E-state index in [2.05, 4.69) is 30.9 Å². The first-order chi connectivity index (χ1) is 7.86. The molecule has 0 aliphatic heterocycles. The van der Waals surface area contributed by atoms with Crippen LogP contribution in [0.3, 0.4) is 0 Å². The van der Waals surface area contributed by atoms with Crippen LogP contribution in [0.5, 0.6) is 0 Å². The number of halogens is 1. The zero-order valence-electron chi connectivity index (χ0n) is 8.21. The lowest BCUT2D eigenvalue weighted by Crippen LogP contribution is -1.91. The maximum absolute atomic E-state index is 4.44. The van der Waals surface area contributed by atoms with Crippen molar-refractivity contribution in [2.24, 2.45) is 0 Å². The molecule has 0 atom stereocenters. The number of aromatic nitrogens is 4. The highest BCUT2D eigenvalue weighted by Gasteiger charge is 2.10. The van der Waals surface area contributed by atoms with Crippen LogP contribution < -0.4 is 0 Å². The maximum atomic E-state index is 4.44. The van der Waals surface area contributed by atoms with Gasteiger partial charge in [-0.2, -0.15) is 0 Å².